The van der Waals surface area contributed by atoms with Crippen molar-refractivity contribution in [2.24, 2.45) is 5.92 Å². The highest BCUT2D eigenvalue weighted by molar-refractivity contribution is 6.20. The van der Waals surface area contributed by atoms with Gasteiger partial charge < -0.3 is 9.80 Å². The molecule has 2 aliphatic rings. The van der Waals surface area contributed by atoms with Crippen LogP contribution in [0.25, 0.3) is 0 Å². The molecular formula is C14H27ClN2. The molecule has 0 aromatic rings. The van der Waals surface area contributed by atoms with Crippen LogP contribution in [0.1, 0.15) is 39.0 Å². The molecule has 2 nitrogen and oxygen atoms in total. The molecule has 2 fully saturated rings. The maximum Gasteiger partial charge on any atom is 0.0386 e. The molecular weight excluding hydrogens is 232 g/mol. The molecule has 3 heteroatoms. The number of likely N-dealkylation sites (tertiary alicyclic amines) is 2. The molecule has 0 saturated carbocycles. The average molecular weight is 259 g/mol. The average Bonchev–Trinajstić information content (AvgIpc) is 2.32. The largest absolute Gasteiger partial charge is 0.303 e. The van der Waals surface area contributed by atoms with Crippen molar-refractivity contribution >= 4 is 11.6 Å². The highest BCUT2D eigenvalue weighted by Gasteiger charge is 2.25. The van der Waals surface area contributed by atoms with Gasteiger partial charge in [0, 0.05) is 18.0 Å². The maximum atomic E-state index is 6.27. The van der Waals surface area contributed by atoms with Crippen molar-refractivity contribution in [3.8, 4) is 0 Å². The Bertz CT molecular complexity index is 234. The van der Waals surface area contributed by atoms with Crippen molar-refractivity contribution in [2.75, 3.05) is 33.2 Å². The number of hydrogen-bond acceptors (Lipinski definition) is 2. The second-order valence-electron chi connectivity index (χ2n) is 6.00. The number of alkyl halides is 1. The molecule has 0 amide bonds. The lowest BCUT2D eigenvalue weighted by Gasteiger charge is -2.37. The van der Waals surface area contributed by atoms with Crippen molar-refractivity contribution in [3.05, 3.63) is 0 Å². The first-order valence-corrected chi connectivity index (χ1v) is 7.67. The number of rotatable bonds is 3. The fraction of sp³-hybridized carbons (Fsp3) is 1.00. The van der Waals surface area contributed by atoms with Gasteiger partial charge in [-0.3, -0.25) is 0 Å². The molecule has 0 N–H and O–H groups in total. The van der Waals surface area contributed by atoms with Crippen LogP contribution in [-0.4, -0.2) is 54.4 Å². The molecule has 0 aromatic heterocycles. The smallest absolute Gasteiger partial charge is 0.0386 e. The first-order valence-electron chi connectivity index (χ1n) is 7.23. The van der Waals surface area contributed by atoms with Gasteiger partial charge in [0.25, 0.3) is 0 Å². The predicted octanol–water partition coefficient (Wildman–Crippen LogP) is 2.81. The van der Waals surface area contributed by atoms with Crippen molar-refractivity contribution in [3.63, 3.8) is 0 Å². The molecule has 0 spiro atoms. The third-order valence-corrected chi connectivity index (χ3v) is 5.23. The minimum Gasteiger partial charge on any atom is -0.303 e. The van der Waals surface area contributed by atoms with E-state index in [2.05, 4.69) is 23.8 Å². The highest BCUT2D eigenvalue weighted by atomic mass is 35.5. The third kappa shape index (κ3) is 3.84. The normalized spacial score (nSPS) is 37.2. The Morgan fingerprint density at radius 2 is 2.00 bits per heavy atom. The van der Waals surface area contributed by atoms with Crippen LogP contribution >= 0.6 is 11.6 Å². The number of nitrogens with zero attached hydrogens (tertiary/aromatic N) is 2. The second-order valence-corrected chi connectivity index (χ2v) is 6.56. The first-order chi connectivity index (χ1) is 8.16. The molecule has 0 aromatic carbocycles. The van der Waals surface area contributed by atoms with E-state index in [9.17, 15) is 0 Å². The van der Waals surface area contributed by atoms with Gasteiger partial charge in [-0.2, -0.15) is 0 Å². The molecule has 0 radical (unpaired) electrons. The van der Waals surface area contributed by atoms with Gasteiger partial charge in [-0.25, -0.2) is 0 Å². The van der Waals surface area contributed by atoms with Crippen molar-refractivity contribution in [2.45, 2.75) is 50.4 Å². The second kappa shape index (κ2) is 6.40. The first kappa shape index (κ1) is 13.6. The zero-order valence-electron chi connectivity index (χ0n) is 11.4. The zero-order valence-corrected chi connectivity index (χ0v) is 12.1. The van der Waals surface area contributed by atoms with Crippen LogP contribution in [0.3, 0.4) is 0 Å². The van der Waals surface area contributed by atoms with E-state index in [1.807, 2.05) is 0 Å². The maximum absolute atomic E-state index is 6.27. The molecule has 3 unspecified atom stereocenters. The Hall–Kier alpha value is 0.210. The number of piperidine rings is 2. The van der Waals surface area contributed by atoms with E-state index in [1.54, 1.807) is 0 Å². The SMILES string of the molecule is CC1CN(CCC2CCCCN2C)CCC1Cl. The summed E-state index contributed by atoms with van der Waals surface area (Å²) in [6, 6.07) is 0.827. The van der Waals surface area contributed by atoms with E-state index in [-0.39, 0.29) is 0 Å². The Labute approximate surface area is 111 Å². The van der Waals surface area contributed by atoms with E-state index in [0.29, 0.717) is 11.3 Å². The monoisotopic (exact) mass is 258 g/mol. The molecule has 17 heavy (non-hydrogen) atoms. The minimum atomic E-state index is 0.406. The highest BCUT2D eigenvalue weighted by Crippen LogP contribution is 2.23. The van der Waals surface area contributed by atoms with Crippen molar-refractivity contribution in [1.82, 2.24) is 9.80 Å². The minimum absolute atomic E-state index is 0.406. The topological polar surface area (TPSA) is 6.48 Å². The van der Waals surface area contributed by atoms with Gasteiger partial charge in [0.2, 0.25) is 0 Å². The molecule has 100 valence electrons. The van der Waals surface area contributed by atoms with Crippen LogP contribution in [0, 0.1) is 5.92 Å². The summed E-state index contributed by atoms with van der Waals surface area (Å²) in [6.45, 7) is 7.25. The van der Waals surface area contributed by atoms with E-state index >= 15 is 0 Å². The van der Waals surface area contributed by atoms with Crippen LogP contribution in [0.15, 0.2) is 0 Å². The lowest BCUT2D eigenvalue weighted by atomic mass is 9.97. The predicted molar refractivity (Wildman–Crippen MR) is 74.7 cm³/mol. The molecule has 0 bridgehead atoms. The Morgan fingerprint density at radius 3 is 2.71 bits per heavy atom. The summed E-state index contributed by atoms with van der Waals surface area (Å²) < 4.78 is 0. The van der Waals surface area contributed by atoms with Crippen molar-refractivity contribution in [1.29, 1.82) is 0 Å². The Balaban J connectivity index is 1.71. The summed E-state index contributed by atoms with van der Waals surface area (Å²) in [5.41, 5.74) is 0. The zero-order chi connectivity index (χ0) is 12.3. The summed E-state index contributed by atoms with van der Waals surface area (Å²) in [7, 11) is 2.29. The Kier molecular flexibility index (Phi) is 5.13. The van der Waals surface area contributed by atoms with Crippen LogP contribution in [0.4, 0.5) is 0 Å². The van der Waals surface area contributed by atoms with Gasteiger partial charge in [0.1, 0.15) is 0 Å². The van der Waals surface area contributed by atoms with Crippen LogP contribution in [0.2, 0.25) is 0 Å². The standard InChI is InChI=1S/C14H27ClN2/c1-12-11-17(10-7-14(12)15)9-6-13-5-3-4-8-16(13)2/h12-14H,3-11H2,1-2H3. The fourth-order valence-corrected chi connectivity index (χ4v) is 3.42. The Morgan fingerprint density at radius 1 is 1.18 bits per heavy atom. The van der Waals surface area contributed by atoms with Gasteiger partial charge in [0.15, 0.2) is 0 Å². The fourth-order valence-electron chi connectivity index (χ4n) is 3.25. The quantitative estimate of drug-likeness (QED) is 0.719. The summed E-state index contributed by atoms with van der Waals surface area (Å²) in [6.07, 6.45) is 6.73. The van der Waals surface area contributed by atoms with E-state index in [1.165, 1.54) is 58.3 Å². The van der Waals surface area contributed by atoms with Crippen LogP contribution in [0.5, 0.6) is 0 Å². The van der Waals surface area contributed by atoms with E-state index in [0.717, 1.165) is 6.04 Å². The van der Waals surface area contributed by atoms with Gasteiger partial charge in [-0.15, -0.1) is 11.6 Å². The van der Waals surface area contributed by atoms with E-state index in [4.69, 9.17) is 11.6 Å². The van der Waals surface area contributed by atoms with Gasteiger partial charge in [-0.05, 0) is 58.3 Å². The lowest BCUT2D eigenvalue weighted by Crippen LogP contribution is -2.43. The molecule has 2 rings (SSSR count). The van der Waals surface area contributed by atoms with Gasteiger partial charge >= 0.3 is 0 Å². The summed E-state index contributed by atoms with van der Waals surface area (Å²) in [5, 5.41) is 0.406. The van der Waals surface area contributed by atoms with Gasteiger partial charge in [0.05, 0.1) is 0 Å². The molecule has 2 heterocycles. The van der Waals surface area contributed by atoms with Crippen LogP contribution < -0.4 is 0 Å². The molecule has 2 aliphatic heterocycles. The van der Waals surface area contributed by atoms with Gasteiger partial charge in [-0.1, -0.05) is 13.3 Å². The number of halogens is 1. The molecule has 2 saturated heterocycles. The summed E-state index contributed by atoms with van der Waals surface area (Å²) in [4.78, 5) is 5.17. The van der Waals surface area contributed by atoms with E-state index < -0.39 is 0 Å². The van der Waals surface area contributed by atoms with Crippen LogP contribution in [-0.2, 0) is 0 Å². The number of hydrogen-bond donors (Lipinski definition) is 0. The third-order valence-electron chi connectivity index (χ3n) is 4.58. The summed E-state index contributed by atoms with van der Waals surface area (Å²) in [5.74, 6) is 0.662. The molecule has 3 atom stereocenters. The lowest BCUT2D eigenvalue weighted by molar-refractivity contribution is 0.134. The molecule has 0 aliphatic carbocycles. The summed E-state index contributed by atoms with van der Waals surface area (Å²) >= 11 is 6.27. The van der Waals surface area contributed by atoms with Crippen molar-refractivity contribution < 1.29 is 0 Å².